The van der Waals surface area contributed by atoms with Gasteiger partial charge in [0.15, 0.2) is 4.67 Å². The lowest BCUT2D eigenvalue weighted by Crippen LogP contribution is -2.12. The summed E-state index contributed by atoms with van der Waals surface area (Å²) in [4.78, 5) is 11.2. The molecule has 1 heterocycles. The normalized spacial score (nSPS) is 11.8. The van der Waals surface area contributed by atoms with Gasteiger partial charge in [0.2, 0.25) is 15.8 Å². The SMILES string of the molecule is CC(C)COC(=O)c1cc(S(N)(=O)=O)c(Br)o1. The summed E-state index contributed by atoms with van der Waals surface area (Å²) in [6, 6.07) is 1.03. The summed E-state index contributed by atoms with van der Waals surface area (Å²) < 4.78 is 31.9. The van der Waals surface area contributed by atoms with Gasteiger partial charge >= 0.3 is 5.97 Å². The fourth-order valence-electron chi connectivity index (χ4n) is 0.960. The van der Waals surface area contributed by atoms with Crippen LogP contribution in [0, 0.1) is 5.92 Å². The fourth-order valence-corrected chi connectivity index (χ4v) is 2.46. The minimum absolute atomic E-state index is 0.114. The van der Waals surface area contributed by atoms with Crippen molar-refractivity contribution >= 4 is 31.9 Å². The summed E-state index contributed by atoms with van der Waals surface area (Å²) in [6.45, 7) is 3.98. The Morgan fingerprint density at radius 1 is 1.59 bits per heavy atom. The first-order chi connectivity index (χ1) is 7.71. The van der Waals surface area contributed by atoms with Gasteiger partial charge in [0.1, 0.15) is 4.90 Å². The van der Waals surface area contributed by atoms with Crippen molar-refractivity contribution in [3.05, 3.63) is 16.5 Å². The van der Waals surface area contributed by atoms with Gasteiger partial charge < -0.3 is 9.15 Å². The highest BCUT2D eigenvalue weighted by atomic mass is 79.9. The maximum Gasteiger partial charge on any atom is 0.374 e. The molecule has 0 atom stereocenters. The van der Waals surface area contributed by atoms with E-state index >= 15 is 0 Å². The zero-order valence-electron chi connectivity index (χ0n) is 9.27. The minimum atomic E-state index is -3.93. The van der Waals surface area contributed by atoms with Crippen molar-refractivity contribution in [1.82, 2.24) is 0 Å². The van der Waals surface area contributed by atoms with E-state index in [0.29, 0.717) is 0 Å². The first kappa shape index (κ1) is 14.2. The van der Waals surface area contributed by atoms with Crippen LogP contribution in [0.5, 0.6) is 0 Å². The number of carbonyl (C=O) groups excluding carboxylic acids is 1. The van der Waals surface area contributed by atoms with Gasteiger partial charge in [-0.15, -0.1) is 0 Å². The Morgan fingerprint density at radius 3 is 2.59 bits per heavy atom. The highest BCUT2D eigenvalue weighted by molar-refractivity contribution is 9.10. The number of nitrogens with two attached hydrogens (primary N) is 1. The molecule has 8 heteroatoms. The lowest BCUT2D eigenvalue weighted by atomic mass is 10.2. The number of rotatable bonds is 4. The zero-order chi connectivity index (χ0) is 13.2. The van der Waals surface area contributed by atoms with Crippen molar-refractivity contribution in [2.24, 2.45) is 11.1 Å². The molecule has 0 aliphatic carbocycles. The van der Waals surface area contributed by atoms with Crippen LogP contribution in [-0.4, -0.2) is 21.0 Å². The molecule has 1 aromatic heterocycles. The summed E-state index contributed by atoms with van der Waals surface area (Å²) in [5.74, 6) is -0.758. The second-order valence-electron chi connectivity index (χ2n) is 3.79. The molecule has 6 nitrogen and oxygen atoms in total. The van der Waals surface area contributed by atoms with E-state index in [1.54, 1.807) is 0 Å². The molecule has 0 aliphatic rings. The van der Waals surface area contributed by atoms with Crippen LogP contribution in [0.3, 0.4) is 0 Å². The number of halogens is 1. The van der Waals surface area contributed by atoms with Gasteiger partial charge in [0.05, 0.1) is 6.61 Å². The van der Waals surface area contributed by atoms with E-state index in [1.807, 2.05) is 13.8 Å². The molecule has 1 aromatic rings. The maximum absolute atomic E-state index is 11.5. The molecule has 2 N–H and O–H groups in total. The van der Waals surface area contributed by atoms with Crippen molar-refractivity contribution in [2.45, 2.75) is 18.7 Å². The van der Waals surface area contributed by atoms with Gasteiger partial charge in [-0.1, -0.05) is 13.8 Å². The third-order valence-electron chi connectivity index (χ3n) is 1.71. The Morgan fingerprint density at radius 2 is 2.18 bits per heavy atom. The molecule has 0 fully saturated rings. The number of hydrogen-bond donors (Lipinski definition) is 1. The Balaban J connectivity index is 2.91. The van der Waals surface area contributed by atoms with E-state index < -0.39 is 16.0 Å². The minimum Gasteiger partial charge on any atom is -0.460 e. The average molecular weight is 326 g/mol. The van der Waals surface area contributed by atoms with Crippen molar-refractivity contribution in [2.75, 3.05) is 6.61 Å². The molecule has 0 aromatic carbocycles. The van der Waals surface area contributed by atoms with Crippen molar-refractivity contribution in [3.8, 4) is 0 Å². The van der Waals surface area contributed by atoms with Crippen LogP contribution >= 0.6 is 15.9 Å². The van der Waals surface area contributed by atoms with E-state index in [-0.39, 0.29) is 27.9 Å². The molecular weight excluding hydrogens is 314 g/mol. The molecular formula is C9H12BrNO5S. The van der Waals surface area contributed by atoms with Crippen LogP contribution in [0.4, 0.5) is 0 Å². The third kappa shape index (κ3) is 3.83. The first-order valence-electron chi connectivity index (χ1n) is 4.71. The Bertz CT molecular complexity index is 519. The number of primary sulfonamides is 1. The van der Waals surface area contributed by atoms with Gasteiger partial charge in [0.25, 0.3) is 0 Å². The maximum atomic E-state index is 11.5. The predicted molar refractivity (Wildman–Crippen MR) is 62.9 cm³/mol. The molecule has 1 rings (SSSR count). The molecule has 96 valence electrons. The molecule has 0 bridgehead atoms. The van der Waals surface area contributed by atoms with E-state index in [9.17, 15) is 13.2 Å². The highest BCUT2D eigenvalue weighted by Gasteiger charge is 2.23. The van der Waals surface area contributed by atoms with E-state index in [4.69, 9.17) is 14.3 Å². The third-order valence-corrected chi connectivity index (χ3v) is 3.48. The number of carbonyl (C=O) groups is 1. The smallest absolute Gasteiger partial charge is 0.374 e. The monoisotopic (exact) mass is 325 g/mol. The number of sulfonamides is 1. The molecule has 0 radical (unpaired) electrons. The van der Waals surface area contributed by atoms with Crippen LogP contribution in [0.25, 0.3) is 0 Å². The van der Waals surface area contributed by atoms with Crippen molar-refractivity contribution in [3.63, 3.8) is 0 Å². The van der Waals surface area contributed by atoms with Crippen LogP contribution in [0.15, 0.2) is 20.0 Å². The summed E-state index contributed by atoms with van der Waals surface area (Å²) in [5, 5.41) is 4.92. The molecule has 17 heavy (non-hydrogen) atoms. The Hall–Kier alpha value is -0.860. The molecule has 0 saturated heterocycles. The topological polar surface area (TPSA) is 99.6 Å². The summed E-state index contributed by atoms with van der Waals surface area (Å²) >= 11 is 2.87. The van der Waals surface area contributed by atoms with Crippen LogP contribution in [0.1, 0.15) is 24.4 Å². The zero-order valence-corrected chi connectivity index (χ0v) is 11.7. The standard InChI is InChI=1S/C9H12BrNO5S/c1-5(2)4-15-9(12)6-3-7(8(10)16-6)17(11,13)14/h3,5H,4H2,1-2H3,(H2,11,13,14). The number of ether oxygens (including phenoxy) is 1. The molecule has 0 unspecified atom stereocenters. The Kier molecular flexibility index (Phi) is 4.34. The molecule has 0 saturated carbocycles. The lowest BCUT2D eigenvalue weighted by Gasteiger charge is -2.04. The quantitative estimate of drug-likeness (QED) is 0.845. The second-order valence-corrected chi connectivity index (χ2v) is 6.04. The lowest BCUT2D eigenvalue weighted by molar-refractivity contribution is 0.0421. The predicted octanol–water partition coefficient (Wildman–Crippen LogP) is 1.50. The largest absolute Gasteiger partial charge is 0.460 e. The summed E-state index contributed by atoms with van der Waals surface area (Å²) in [7, 11) is -3.93. The Labute approximate surface area is 107 Å². The molecule has 0 spiro atoms. The van der Waals surface area contributed by atoms with E-state index in [1.165, 1.54) is 0 Å². The van der Waals surface area contributed by atoms with Crippen molar-refractivity contribution in [1.29, 1.82) is 0 Å². The van der Waals surface area contributed by atoms with Crippen LogP contribution in [-0.2, 0) is 14.8 Å². The fraction of sp³-hybridized carbons (Fsp3) is 0.444. The number of esters is 1. The van der Waals surface area contributed by atoms with Crippen molar-refractivity contribution < 1.29 is 22.4 Å². The molecule has 0 aliphatic heterocycles. The first-order valence-corrected chi connectivity index (χ1v) is 7.05. The average Bonchev–Trinajstić information content (AvgIpc) is 2.56. The van der Waals surface area contributed by atoms with E-state index in [0.717, 1.165) is 6.07 Å². The van der Waals surface area contributed by atoms with Gasteiger partial charge in [0, 0.05) is 6.07 Å². The van der Waals surface area contributed by atoms with Crippen LogP contribution < -0.4 is 5.14 Å². The number of furan rings is 1. The van der Waals surface area contributed by atoms with Crippen LogP contribution in [0.2, 0.25) is 0 Å². The molecule has 0 amide bonds. The summed E-state index contributed by atoms with van der Waals surface area (Å²) in [5.41, 5.74) is 0. The summed E-state index contributed by atoms with van der Waals surface area (Å²) in [6.07, 6.45) is 0. The second kappa shape index (κ2) is 5.19. The van der Waals surface area contributed by atoms with Gasteiger partial charge in [-0.25, -0.2) is 18.4 Å². The highest BCUT2D eigenvalue weighted by Crippen LogP contribution is 2.25. The van der Waals surface area contributed by atoms with E-state index in [2.05, 4.69) is 15.9 Å². The van der Waals surface area contributed by atoms with Gasteiger partial charge in [-0.2, -0.15) is 0 Å². The number of hydrogen-bond acceptors (Lipinski definition) is 5. The van der Waals surface area contributed by atoms with Gasteiger partial charge in [-0.05, 0) is 21.8 Å². The van der Waals surface area contributed by atoms with Gasteiger partial charge in [-0.3, -0.25) is 0 Å².